The molecule has 0 bridgehead atoms. The van der Waals surface area contributed by atoms with E-state index in [0.29, 0.717) is 30.1 Å². The standard InChI is InChI=1S/C22H26N6O3/c1-25-17-8-9-18(24-21(17)26(2)22(25)31)23-19(29)10-11-20(30)28-14-12-27(13-15-28)16-6-4-3-5-7-16/h3-9H,10-15H2,1-2H3,(H,23,24,29). The predicted octanol–water partition coefficient (Wildman–Crippen LogP) is 1.34. The van der Waals surface area contributed by atoms with Gasteiger partial charge in [-0.1, -0.05) is 18.2 Å². The van der Waals surface area contributed by atoms with Crippen molar-refractivity contribution in [1.82, 2.24) is 19.0 Å². The van der Waals surface area contributed by atoms with Crippen molar-refractivity contribution in [2.75, 3.05) is 36.4 Å². The van der Waals surface area contributed by atoms with Crippen LogP contribution in [0.2, 0.25) is 0 Å². The fourth-order valence-corrected chi connectivity index (χ4v) is 3.87. The van der Waals surface area contributed by atoms with Crippen LogP contribution in [0.5, 0.6) is 0 Å². The quantitative estimate of drug-likeness (QED) is 0.670. The molecule has 1 aliphatic rings. The van der Waals surface area contributed by atoms with Crippen molar-refractivity contribution in [3.8, 4) is 0 Å². The summed E-state index contributed by atoms with van der Waals surface area (Å²) >= 11 is 0. The van der Waals surface area contributed by atoms with Crippen LogP contribution >= 0.6 is 0 Å². The number of para-hydroxylation sites is 1. The fourth-order valence-electron chi connectivity index (χ4n) is 3.87. The average Bonchev–Trinajstić information content (AvgIpc) is 3.02. The van der Waals surface area contributed by atoms with Gasteiger partial charge in [-0.25, -0.2) is 9.78 Å². The summed E-state index contributed by atoms with van der Waals surface area (Å²) in [5.74, 6) is 0.0726. The molecule has 9 nitrogen and oxygen atoms in total. The number of pyridine rings is 1. The van der Waals surface area contributed by atoms with Gasteiger partial charge in [0.05, 0.1) is 5.52 Å². The number of aryl methyl sites for hydroxylation is 2. The third-order valence-electron chi connectivity index (χ3n) is 5.69. The van der Waals surface area contributed by atoms with Crippen molar-refractivity contribution < 1.29 is 9.59 Å². The number of rotatable bonds is 5. The zero-order valence-electron chi connectivity index (χ0n) is 17.7. The monoisotopic (exact) mass is 422 g/mol. The predicted molar refractivity (Wildman–Crippen MR) is 119 cm³/mol. The molecule has 31 heavy (non-hydrogen) atoms. The molecule has 1 aliphatic heterocycles. The van der Waals surface area contributed by atoms with Gasteiger partial charge < -0.3 is 15.1 Å². The smallest absolute Gasteiger partial charge is 0.329 e. The Labute approximate surface area is 179 Å². The molecular formula is C22H26N6O3. The Morgan fingerprint density at radius 1 is 0.935 bits per heavy atom. The maximum atomic E-state index is 12.5. The first-order valence-electron chi connectivity index (χ1n) is 10.3. The number of fused-ring (bicyclic) bond motifs is 1. The van der Waals surface area contributed by atoms with Crippen molar-refractivity contribution in [3.63, 3.8) is 0 Å². The van der Waals surface area contributed by atoms with Gasteiger partial charge in [0.2, 0.25) is 11.8 Å². The van der Waals surface area contributed by atoms with Gasteiger partial charge >= 0.3 is 5.69 Å². The Balaban J connectivity index is 1.28. The van der Waals surface area contributed by atoms with E-state index in [4.69, 9.17) is 0 Å². The molecule has 4 rings (SSSR count). The number of hydrogen-bond donors (Lipinski definition) is 1. The van der Waals surface area contributed by atoms with E-state index in [-0.39, 0.29) is 30.3 Å². The number of piperazine rings is 1. The second-order valence-corrected chi connectivity index (χ2v) is 7.69. The van der Waals surface area contributed by atoms with Gasteiger partial charge in [0.25, 0.3) is 0 Å². The van der Waals surface area contributed by atoms with Gasteiger partial charge in [0, 0.05) is 58.8 Å². The second-order valence-electron chi connectivity index (χ2n) is 7.69. The summed E-state index contributed by atoms with van der Waals surface area (Å²) in [5.41, 5.74) is 2.17. The van der Waals surface area contributed by atoms with Crippen molar-refractivity contribution in [2.24, 2.45) is 14.1 Å². The maximum absolute atomic E-state index is 12.5. The number of hydrogen-bond acceptors (Lipinski definition) is 5. The van der Waals surface area contributed by atoms with Crippen LogP contribution in [0.1, 0.15) is 12.8 Å². The molecule has 3 aromatic rings. The summed E-state index contributed by atoms with van der Waals surface area (Å²) in [6.45, 7) is 2.86. The number of amides is 2. The Morgan fingerprint density at radius 3 is 2.35 bits per heavy atom. The molecule has 0 saturated carbocycles. The molecule has 1 fully saturated rings. The van der Waals surface area contributed by atoms with Crippen molar-refractivity contribution in [2.45, 2.75) is 12.8 Å². The molecule has 162 valence electrons. The molecule has 9 heteroatoms. The van der Waals surface area contributed by atoms with E-state index < -0.39 is 0 Å². The van der Waals surface area contributed by atoms with E-state index in [1.165, 1.54) is 9.13 Å². The minimum atomic E-state index is -0.274. The summed E-state index contributed by atoms with van der Waals surface area (Å²) in [6.07, 6.45) is 0.244. The molecule has 0 spiro atoms. The van der Waals surface area contributed by atoms with Crippen molar-refractivity contribution >= 4 is 34.5 Å². The Bertz CT molecular complexity index is 1160. The van der Waals surface area contributed by atoms with E-state index in [9.17, 15) is 14.4 Å². The number of carbonyl (C=O) groups excluding carboxylic acids is 2. The molecule has 1 N–H and O–H groups in total. The van der Waals surface area contributed by atoms with Gasteiger partial charge in [-0.05, 0) is 24.3 Å². The highest BCUT2D eigenvalue weighted by molar-refractivity contribution is 5.93. The Kier molecular flexibility index (Phi) is 5.75. The molecule has 1 saturated heterocycles. The second kappa shape index (κ2) is 8.63. The fraction of sp³-hybridized carbons (Fsp3) is 0.364. The summed E-state index contributed by atoms with van der Waals surface area (Å²) in [7, 11) is 3.31. The number of aromatic nitrogens is 3. The van der Waals surface area contributed by atoms with Crippen LogP contribution in [-0.4, -0.2) is 57.0 Å². The van der Waals surface area contributed by atoms with Crippen LogP contribution in [0.25, 0.3) is 11.2 Å². The Morgan fingerprint density at radius 2 is 1.65 bits per heavy atom. The van der Waals surface area contributed by atoms with Gasteiger partial charge in [0.15, 0.2) is 5.65 Å². The lowest BCUT2D eigenvalue weighted by atomic mass is 10.2. The summed E-state index contributed by atoms with van der Waals surface area (Å²) in [6, 6.07) is 13.6. The Hall–Kier alpha value is -3.62. The first-order chi connectivity index (χ1) is 14.9. The lowest BCUT2D eigenvalue weighted by Gasteiger charge is -2.36. The molecule has 0 unspecified atom stereocenters. The van der Waals surface area contributed by atoms with Crippen LogP contribution in [0.15, 0.2) is 47.3 Å². The zero-order valence-corrected chi connectivity index (χ0v) is 17.7. The third kappa shape index (κ3) is 4.30. The van der Waals surface area contributed by atoms with Crippen LogP contribution < -0.4 is 15.9 Å². The molecule has 3 heterocycles. The highest BCUT2D eigenvalue weighted by Gasteiger charge is 2.21. The number of anilines is 2. The number of carbonyl (C=O) groups is 2. The van der Waals surface area contributed by atoms with E-state index in [1.54, 1.807) is 26.2 Å². The topological polar surface area (TPSA) is 92.5 Å². The number of nitrogens with zero attached hydrogens (tertiary/aromatic N) is 5. The maximum Gasteiger partial charge on any atom is 0.329 e. The van der Waals surface area contributed by atoms with E-state index in [2.05, 4.69) is 27.3 Å². The van der Waals surface area contributed by atoms with Crippen LogP contribution in [-0.2, 0) is 23.7 Å². The molecule has 2 amide bonds. The van der Waals surface area contributed by atoms with Crippen molar-refractivity contribution in [1.29, 1.82) is 0 Å². The van der Waals surface area contributed by atoms with Crippen molar-refractivity contribution in [3.05, 3.63) is 52.9 Å². The molecule has 0 radical (unpaired) electrons. The molecule has 1 aromatic carbocycles. The van der Waals surface area contributed by atoms with Gasteiger partial charge in [-0.15, -0.1) is 0 Å². The largest absolute Gasteiger partial charge is 0.368 e. The van der Waals surface area contributed by atoms with Gasteiger partial charge in [-0.2, -0.15) is 0 Å². The number of nitrogens with one attached hydrogen (secondary N) is 1. The molecule has 0 atom stereocenters. The van der Waals surface area contributed by atoms with E-state index in [0.717, 1.165) is 18.8 Å². The van der Waals surface area contributed by atoms with Crippen LogP contribution in [0.3, 0.4) is 0 Å². The number of imidazole rings is 1. The van der Waals surface area contributed by atoms with Crippen LogP contribution in [0.4, 0.5) is 11.5 Å². The molecule has 2 aromatic heterocycles. The average molecular weight is 422 g/mol. The minimum Gasteiger partial charge on any atom is -0.368 e. The number of benzene rings is 1. The van der Waals surface area contributed by atoms with Gasteiger partial charge in [-0.3, -0.25) is 18.7 Å². The first kappa shape index (κ1) is 20.6. The summed E-state index contributed by atoms with van der Waals surface area (Å²) in [4.78, 5) is 45.3. The highest BCUT2D eigenvalue weighted by atomic mass is 16.2. The molecule has 0 aliphatic carbocycles. The SMILES string of the molecule is Cn1c(=O)n(C)c2nc(NC(=O)CCC(=O)N3CCN(c4ccccc4)CC3)ccc21. The zero-order chi connectivity index (χ0) is 22.0. The lowest BCUT2D eigenvalue weighted by molar-refractivity contribution is -0.133. The highest BCUT2D eigenvalue weighted by Crippen LogP contribution is 2.17. The van der Waals surface area contributed by atoms with Crippen LogP contribution in [0, 0.1) is 0 Å². The third-order valence-corrected chi connectivity index (χ3v) is 5.69. The normalized spacial score (nSPS) is 14.1. The summed E-state index contributed by atoms with van der Waals surface area (Å²) in [5, 5.41) is 2.72. The van der Waals surface area contributed by atoms with E-state index in [1.807, 2.05) is 23.1 Å². The minimum absolute atomic E-state index is 0.0169. The molecular weight excluding hydrogens is 396 g/mol. The first-order valence-corrected chi connectivity index (χ1v) is 10.3. The summed E-state index contributed by atoms with van der Waals surface area (Å²) < 4.78 is 2.94. The lowest BCUT2D eigenvalue weighted by Crippen LogP contribution is -2.48. The van der Waals surface area contributed by atoms with Gasteiger partial charge in [0.1, 0.15) is 5.82 Å². The van der Waals surface area contributed by atoms with E-state index >= 15 is 0 Å².